The van der Waals surface area contributed by atoms with Gasteiger partial charge in [-0.15, -0.1) is 0 Å². The fourth-order valence-electron chi connectivity index (χ4n) is 1.36. The van der Waals surface area contributed by atoms with Gasteiger partial charge in [-0.1, -0.05) is 13.8 Å². The van der Waals surface area contributed by atoms with Gasteiger partial charge in [-0.25, -0.2) is 0 Å². The predicted octanol–water partition coefficient (Wildman–Crippen LogP) is 1.06. The Kier molecular flexibility index (Phi) is 5.29. The van der Waals surface area contributed by atoms with Crippen LogP contribution in [-0.2, 0) is 9.59 Å². The topological polar surface area (TPSA) is 58.2 Å². The highest BCUT2D eigenvalue weighted by Crippen LogP contribution is 2.28. The maximum Gasteiger partial charge on any atom is 0.223 e. The van der Waals surface area contributed by atoms with Gasteiger partial charge in [-0.3, -0.25) is 9.59 Å². The first kappa shape index (κ1) is 13.0. The molecule has 1 fully saturated rings. The number of hydrogen-bond donors (Lipinski definition) is 2. The van der Waals surface area contributed by atoms with E-state index in [1.807, 2.05) is 0 Å². The summed E-state index contributed by atoms with van der Waals surface area (Å²) in [6, 6.07) is 0. The Morgan fingerprint density at radius 3 is 2.50 bits per heavy atom. The molecule has 0 atom stereocenters. The van der Waals surface area contributed by atoms with Gasteiger partial charge in [-0.05, 0) is 25.2 Å². The molecule has 1 rings (SSSR count). The van der Waals surface area contributed by atoms with Crippen molar-refractivity contribution in [2.75, 3.05) is 13.1 Å². The van der Waals surface area contributed by atoms with Gasteiger partial charge in [0, 0.05) is 25.4 Å². The minimum absolute atomic E-state index is 0.0781. The van der Waals surface area contributed by atoms with E-state index in [0.717, 1.165) is 25.8 Å². The second-order valence-electron chi connectivity index (χ2n) is 4.87. The van der Waals surface area contributed by atoms with Crippen LogP contribution in [0.15, 0.2) is 0 Å². The van der Waals surface area contributed by atoms with Gasteiger partial charge in [-0.2, -0.15) is 0 Å². The third kappa shape index (κ3) is 5.73. The van der Waals surface area contributed by atoms with E-state index >= 15 is 0 Å². The fourth-order valence-corrected chi connectivity index (χ4v) is 1.36. The summed E-state index contributed by atoms with van der Waals surface area (Å²) in [5.41, 5.74) is 0. The zero-order valence-electron chi connectivity index (χ0n) is 10.2. The Bertz CT molecular complexity index is 247. The van der Waals surface area contributed by atoms with E-state index in [-0.39, 0.29) is 17.7 Å². The van der Waals surface area contributed by atoms with Crippen molar-refractivity contribution < 1.29 is 9.59 Å². The van der Waals surface area contributed by atoms with Crippen molar-refractivity contribution in [1.29, 1.82) is 0 Å². The Hall–Kier alpha value is -1.06. The highest BCUT2D eigenvalue weighted by Gasteiger charge is 2.28. The highest BCUT2D eigenvalue weighted by atomic mass is 16.2. The Labute approximate surface area is 97.2 Å². The van der Waals surface area contributed by atoms with Crippen molar-refractivity contribution in [3.63, 3.8) is 0 Å². The molecule has 4 heteroatoms. The molecule has 0 spiro atoms. The molecule has 0 radical (unpaired) electrons. The van der Waals surface area contributed by atoms with Gasteiger partial charge in [0.15, 0.2) is 0 Å². The van der Waals surface area contributed by atoms with Crippen molar-refractivity contribution in [2.24, 2.45) is 11.8 Å². The number of amides is 2. The third-order valence-corrected chi connectivity index (χ3v) is 2.54. The summed E-state index contributed by atoms with van der Waals surface area (Å²) in [7, 11) is 0. The van der Waals surface area contributed by atoms with Crippen LogP contribution >= 0.6 is 0 Å². The number of nitrogens with one attached hydrogen (secondary N) is 2. The molecule has 0 aromatic heterocycles. The molecule has 92 valence electrons. The van der Waals surface area contributed by atoms with Crippen molar-refractivity contribution >= 4 is 11.8 Å². The Morgan fingerprint density at radius 2 is 1.94 bits per heavy atom. The average Bonchev–Trinajstić information content (AvgIpc) is 3.04. The monoisotopic (exact) mass is 226 g/mol. The molecule has 2 amide bonds. The lowest BCUT2D eigenvalue weighted by Gasteiger charge is -2.07. The van der Waals surface area contributed by atoms with Crippen molar-refractivity contribution in [3.05, 3.63) is 0 Å². The van der Waals surface area contributed by atoms with Gasteiger partial charge >= 0.3 is 0 Å². The number of rotatable bonds is 7. The highest BCUT2D eigenvalue weighted by molar-refractivity contribution is 5.81. The normalized spacial score (nSPS) is 14.9. The average molecular weight is 226 g/mol. The van der Waals surface area contributed by atoms with Crippen LogP contribution in [0.4, 0.5) is 0 Å². The molecule has 2 N–H and O–H groups in total. The largest absolute Gasteiger partial charge is 0.356 e. The van der Waals surface area contributed by atoms with Crippen LogP contribution in [0.25, 0.3) is 0 Å². The van der Waals surface area contributed by atoms with E-state index in [1.165, 1.54) is 0 Å². The maximum atomic E-state index is 11.3. The zero-order chi connectivity index (χ0) is 12.0. The number of carbonyl (C=O) groups is 2. The predicted molar refractivity (Wildman–Crippen MR) is 62.8 cm³/mol. The van der Waals surface area contributed by atoms with Crippen LogP contribution in [0.3, 0.4) is 0 Å². The summed E-state index contributed by atoms with van der Waals surface area (Å²) in [5.74, 6) is 0.977. The molecule has 0 aromatic carbocycles. The summed E-state index contributed by atoms with van der Waals surface area (Å²) in [6.07, 6.45) is 3.28. The molecule has 0 saturated heterocycles. The van der Waals surface area contributed by atoms with E-state index in [4.69, 9.17) is 0 Å². The van der Waals surface area contributed by atoms with Crippen LogP contribution in [-0.4, -0.2) is 24.9 Å². The van der Waals surface area contributed by atoms with Gasteiger partial charge in [0.25, 0.3) is 0 Å². The van der Waals surface area contributed by atoms with E-state index in [1.54, 1.807) is 0 Å². The quantitative estimate of drug-likeness (QED) is 0.638. The molecule has 4 nitrogen and oxygen atoms in total. The summed E-state index contributed by atoms with van der Waals surface area (Å²) < 4.78 is 0. The van der Waals surface area contributed by atoms with Crippen molar-refractivity contribution in [1.82, 2.24) is 10.6 Å². The van der Waals surface area contributed by atoms with Crippen LogP contribution in [0, 0.1) is 11.8 Å². The second-order valence-corrected chi connectivity index (χ2v) is 4.87. The number of hydrogen-bond acceptors (Lipinski definition) is 2. The molecule has 1 saturated carbocycles. The van der Waals surface area contributed by atoms with Gasteiger partial charge in [0.1, 0.15) is 0 Å². The summed E-state index contributed by atoms with van der Waals surface area (Å²) >= 11 is 0. The Balaban J connectivity index is 1.93. The minimum Gasteiger partial charge on any atom is -0.356 e. The first-order valence-electron chi connectivity index (χ1n) is 6.14. The standard InChI is InChI=1S/C12H22N2O2/c1-9(2)8-14-11(15)4-3-7-13-12(16)10-5-6-10/h9-10H,3-8H2,1-2H3,(H,13,16)(H,14,15). The van der Waals surface area contributed by atoms with E-state index in [9.17, 15) is 9.59 Å². The first-order valence-corrected chi connectivity index (χ1v) is 6.14. The SMILES string of the molecule is CC(C)CNC(=O)CCCNC(=O)C1CC1. The van der Waals surface area contributed by atoms with E-state index in [2.05, 4.69) is 24.5 Å². The van der Waals surface area contributed by atoms with Crippen LogP contribution in [0.5, 0.6) is 0 Å². The smallest absolute Gasteiger partial charge is 0.223 e. The van der Waals surface area contributed by atoms with Crippen LogP contribution < -0.4 is 10.6 Å². The lowest BCUT2D eigenvalue weighted by atomic mass is 10.2. The van der Waals surface area contributed by atoms with Crippen molar-refractivity contribution in [2.45, 2.75) is 39.5 Å². The lowest BCUT2D eigenvalue weighted by Crippen LogP contribution is -2.29. The second kappa shape index (κ2) is 6.51. The molecule has 16 heavy (non-hydrogen) atoms. The lowest BCUT2D eigenvalue weighted by molar-refractivity contribution is -0.123. The van der Waals surface area contributed by atoms with E-state index < -0.39 is 0 Å². The molecule has 1 aliphatic carbocycles. The molecule has 1 aliphatic rings. The number of carbonyl (C=O) groups excluding carboxylic acids is 2. The summed E-state index contributed by atoms with van der Waals surface area (Å²) in [6.45, 7) is 5.48. The van der Waals surface area contributed by atoms with Crippen molar-refractivity contribution in [3.8, 4) is 0 Å². The molecular weight excluding hydrogens is 204 g/mol. The molecule has 0 aliphatic heterocycles. The maximum absolute atomic E-state index is 11.3. The molecule has 0 aromatic rings. The Morgan fingerprint density at radius 1 is 1.25 bits per heavy atom. The molecule has 0 bridgehead atoms. The summed E-state index contributed by atoms with van der Waals surface area (Å²) in [4.78, 5) is 22.6. The van der Waals surface area contributed by atoms with Crippen LogP contribution in [0.1, 0.15) is 39.5 Å². The van der Waals surface area contributed by atoms with Gasteiger partial charge in [0.05, 0.1) is 0 Å². The molecule has 0 heterocycles. The first-order chi connectivity index (χ1) is 7.59. The minimum atomic E-state index is 0.0781. The van der Waals surface area contributed by atoms with E-state index in [0.29, 0.717) is 18.9 Å². The van der Waals surface area contributed by atoms with Gasteiger partial charge in [0.2, 0.25) is 11.8 Å². The zero-order valence-corrected chi connectivity index (χ0v) is 10.2. The summed E-state index contributed by atoms with van der Waals surface area (Å²) in [5, 5.41) is 5.70. The van der Waals surface area contributed by atoms with Gasteiger partial charge < -0.3 is 10.6 Å². The van der Waals surface area contributed by atoms with Crippen LogP contribution in [0.2, 0.25) is 0 Å². The molecule has 0 unspecified atom stereocenters. The third-order valence-electron chi connectivity index (χ3n) is 2.54. The molecular formula is C12H22N2O2. The fraction of sp³-hybridized carbons (Fsp3) is 0.833.